The second-order valence-corrected chi connectivity index (χ2v) is 9.47. The summed E-state index contributed by atoms with van der Waals surface area (Å²) in [5.41, 5.74) is 2.20. The zero-order chi connectivity index (χ0) is 24.0. The lowest BCUT2D eigenvalue weighted by atomic mass is 9.73. The van der Waals surface area contributed by atoms with E-state index < -0.39 is 23.4 Å². The third-order valence-electron chi connectivity index (χ3n) is 7.05. The number of rotatable bonds is 8. The molecule has 1 aliphatic carbocycles. The summed E-state index contributed by atoms with van der Waals surface area (Å²) in [5.74, 6) is 0.290. The van der Waals surface area contributed by atoms with Crippen LogP contribution in [0.5, 0.6) is 0 Å². The van der Waals surface area contributed by atoms with Crippen LogP contribution in [0.3, 0.4) is 0 Å². The SMILES string of the molecule is CCCC(C)C1CCC(c2ccc(CCc3cc(F)c(/C=C/C(F)(F)F)c(F)c3)cc2)CC1. The van der Waals surface area contributed by atoms with Crippen LogP contribution in [0.1, 0.15) is 80.5 Å². The summed E-state index contributed by atoms with van der Waals surface area (Å²) in [7, 11) is 0. The first-order valence-corrected chi connectivity index (χ1v) is 12.0. The van der Waals surface area contributed by atoms with Crippen molar-refractivity contribution >= 4 is 6.08 Å². The van der Waals surface area contributed by atoms with Crippen LogP contribution in [0.4, 0.5) is 22.0 Å². The molecule has 0 heterocycles. The summed E-state index contributed by atoms with van der Waals surface area (Å²) in [6, 6.07) is 10.7. The monoisotopic (exact) mass is 464 g/mol. The first-order valence-electron chi connectivity index (χ1n) is 12.0. The Bertz CT molecular complexity index is 895. The van der Waals surface area contributed by atoms with Gasteiger partial charge in [0.1, 0.15) is 11.6 Å². The summed E-state index contributed by atoms with van der Waals surface area (Å²) >= 11 is 0. The summed E-state index contributed by atoms with van der Waals surface area (Å²) in [6.07, 6.45) is 4.28. The van der Waals surface area contributed by atoms with Crippen LogP contribution < -0.4 is 0 Å². The van der Waals surface area contributed by atoms with Crippen molar-refractivity contribution in [1.29, 1.82) is 0 Å². The molecule has 0 N–H and O–H groups in total. The molecule has 0 radical (unpaired) electrons. The molecule has 5 heteroatoms. The molecular weight excluding hydrogens is 431 g/mol. The second kappa shape index (κ2) is 11.3. The number of halogens is 5. The molecule has 1 aliphatic rings. The lowest BCUT2D eigenvalue weighted by Crippen LogP contribution is -2.19. The van der Waals surface area contributed by atoms with Gasteiger partial charge in [-0.3, -0.25) is 0 Å². The molecular formula is C28H33F5. The topological polar surface area (TPSA) is 0 Å². The van der Waals surface area contributed by atoms with Crippen molar-refractivity contribution in [2.45, 2.75) is 77.3 Å². The van der Waals surface area contributed by atoms with E-state index in [1.54, 1.807) is 0 Å². The van der Waals surface area contributed by atoms with Gasteiger partial charge in [0.15, 0.2) is 0 Å². The van der Waals surface area contributed by atoms with Crippen LogP contribution in [-0.2, 0) is 12.8 Å². The molecule has 0 aromatic heterocycles. The summed E-state index contributed by atoms with van der Waals surface area (Å²) in [4.78, 5) is 0. The maximum absolute atomic E-state index is 14.1. The Morgan fingerprint density at radius 3 is 2.03 bits per heavy atom. The molecule has 33 heavy (non-hydrogen) atoms. The van der Waals surface area contributed by atoms with Crippen LogP contribution in [0, 0.1) is 23.5 Å². The van der Waals surface area contributed by atoms with Gasteiger partial charge < -0.3 is 0 Å². The first kappa shape index (κ1) is 25.5. The number of hydrogen-bond acceptors (Lipinski definition) is 0. The standard InChI is InChI=1S/C28H33F5/c1-3-4-19(2)22-11-13-24(14-12-22)23-9-7-20(8-10-23)5-6-21-17-26(29)25(27(30)18-21)15-16-28(31,32)33/h7-10,15-19,22,24H,3-6,11-14H2,1-2H3/b16-15+. The average Bonchev–Trinajstić information content (AvgIpc) is 2.77. The highest BCUT2D eigenvalue weighted by atomic mass is 19.4. The van der Waals surface area contributed by atoms with Gasteiger partial charge in [-0.05, 0) is 91.2 Å². The quantitative estimate of drug-likeness (QED) is 0.342. The van der Waals surface area contributed by atoms with Gasteiger partial charge in [0.05, 0.1) is 0 Å². The van der Waals surface area contributed by atoms with Crippen LogP contribution in [0.15, 0.2) is 42.5 Å². The summed E-state index contributed by atoms with van der Waals surface area (Å²) in [5, 5.41) is 0. The fourth-order valence-corrected chi connectivity index (χ4v) is 5.08. The number of allylic oxidation sites excluding steroid dienone is 1. The van der Waals surface area contributed by atoms with E-state index in [-0.39, 0.29) is 6.08 Å². The Balaban J connectivity index is 1.55. The molecule has 1 fully saturated rings. The molecule has 0 nitrogen and oxygen atoms in total. The lowest BCUT2D eigenvalue weighted by Gasteiger charge is -2.32. The molecule has 0 amide bonds. The Morgan fingerprint density at radius 2 is 1.48 bits per heavy atom. The highest BCUT2D eigenvalue weighted by Gasteiger charge is 2.25. The Hall–Kier alpha value is -2.17. The summed E-state index contributed by atoms with van der Waals surface area (Å²) in [6.45, 7) is 4.63. The minimum atomic E-state index is -4.61. The van der Waals surface area contributed by atoms with Gasteiger partial charge in [-0.2, -0.15) is 13.2 Å². The molecule has 1 atom stereocenters. The predicted molar refractivity (Wildman–Crippen MR) is 124 cm³/mol. The van der Waals surface area contributed by atoms with Crippen molar-refractivity contribution < 1.29 is 22.0 Å². The van der Waals surface area contributed by atoms with Crippen molar-refractivity contribution in [3.05, 3.63) is 76.4 Å². The van der Waals surface area contributed by atoms with Gasteiger partial charge in [-0.25, -0.2) is 8.78 Å². The van der Waals surface area contributed by atoms with Crippen molar-refractivity contribution in [3.63, 3.8) is 0 Å². The van der Waals surface area contributed by atoms with Gasteiger partial charge in [-0.15, -0.1) is 0 Å². The molecule has 180 valence electrons. The Kier molecular flexibility index (Phi) is 8.72. The predicted octanol–water partition coefficient (Wildman–Crippen LogP) is 9.04. The van der Waals surface area contributed by atoms with E-state index >= 15 is 0 Å². The molecule has 1 unspecified atom stereocenters. The highest BCUT2D eigenvalue weighted by Crippen LogP contribution is 2.39. The molecule has 1 saturated carbocycles. The maximum Gasteiger partial charge on any atom is 0.409 e. The van der Waals surface area contributed by atoms with Gasteiger partial charge >= 0.3 is 6.18 Å². The third-order valence-corrected chi connectivity index (χ3v) is 7.05. The van der Waals surface area contributed by atoms with Crippen molar-refractivity contribution in [2.75, 3.05) is 0 Å². The minimum Gasteiger partial charge on any atom is -0.206 e. The first-order chi connectivity index (χ1) is 15.7. The lowest BCUT2D eigenvalue weighted by molar-refractivity contribution is -0.0790. The average molecular weight is 465 g/mol. The van der Waals surface area contributed by atoms with E-state index in [0.29, 0.717) is 30.4 Å². The molecule has 0 bridgehead atoms. The van der Waals surface area contributed by atoms with E-state index in [1.807, 2.05) is 0 Å². The normalized spacial score (nSPS) is 20.3. The zero-order valence-electron chi connectivity index (χ0n) is 19.4. The van der Waals surface area contributed by atoms with E-state index in [9.17, 15) is 22.0 Å². The summed E-state index contributed by atoms with van der Waals surface area (Å²) < 4.78 is 65.1. The largest absolute Gasteiger partial charge is 0.409 e. The smallest absolute Gasteiger partial charge is 0.206 e. The fourth-order valence-electron chi connectivity index (χ4n) is 5.08. The Morgan fingerprint density at radius 1 is 0.909 bits per heavy atom. The van der Waals surface area contributed by atoms with Gasteiger partial charge in [0, 0.05) is 11.6 Å². The van der Waals surface area contributed by atoms with Crippen LogP contribution in [0.25, 0.3) is 6.08 Å². The minimum absolute atomic E-state index is 0.159. The van der Waals surface area contributed by atoms with Crippen LogP contribution in [0.2, 0.25) is 0 Å². The van der Waals surface area contributed by atoms with E-state index in [2.05, 4.69) is 38.1 Å². The van der Waals surface area contributed by atoms with Gasteiger partial charge in [0.25, 0.3) is 0 Å². The number of aryl methyl sites for hydroxylation is 2. The maximum atomic E-state index is 14.1. The van der Waals surface area contributed by atoms with E-state index in [0.717, 1.165) is 29.5 Å². The number of benzene rings is 2. The Labute approximate surface area is 193 Å². The highest BCUT2D eigenvalue weighted by molar-refractivity contribution is 5.52. The molecule has 0 saturated heterocycles. The van der Waals surface area contributed by atoms with E-state index in [1.165, 1.54) is 44.1 Å². The molecule has 2 aromatic carbocycles. The van der Waals surface area contributed by atoms with Crippen molar-refractivity contribution in [3.8, 4) is 0 Å². The van der Waals surface area contributed by atoms with Crippen LogP contribution >= 0.6 is 0 Å². The molecule has 3 rings (SSSR count). The van der Waals surface area contributed by atoms with Gasteiger partial charge in [-0.1, -0.05) is 51.0 Å². The molecule has 0 aliphatic heterocycles. The molecule has 2 aromatic rings. The van der Waals surface area contributed by atoms with E-state index in [4.69, 9.17) is 0 Å². The fraction of sp³-hybridized carbons (Fsp3) is 0.500. The van der Waals surface area contributed by atoms with Gasteiger partial charge in [0.2, 0.25) is 0 Å². The second-order valence-electron chi connectivity index (χ2n) is 9.47. The van der Waals surface area contributed by atoms with Crippen molar-refractivity contribution in [2.24, 2.45) is 11.8 Å². The number of hydrogen-bond donors (Lipinski definition) is 0. The third kappa shape index (κ3) is 7.41. The zero-order valence-corrected chi connectivity index (χ0v) is 19.4. The van der Waals surface area contributed by atoms with Crippen molar-refractivity contribution in [1.82, 2.24) is 0 Å². The number of alkyl halides is 3. The molecule has 0 spiro atoms. The van der Waals surface area contributed by atoms with Crippen LogP contribution in [-0.4, -0.2) is 6.18 Å².